The normalized spacial score (nSPS) is 22.8. The molecule has 0 aromatic carbocycles. The quantitative estimate of drug-likeness (QED) is 0.722. The third-order valence-electron chi connectivity index (χ3n) is 2.88. The number of nitrogens with zero attached hydrogens (tertiary/aromatic N) is 1. The number of likely N-dealkylation sites (N-methyl/N-ethyl adjacent to an activating group) is 1. The van der Waals surface area contributed by atoms with E-state index in [4.69, 9.17) is 9.84 Å². The lowest BCUT2D eigenvalue weighted by molar-refractivity contribution is -0.146. The van der Waals surface area contributed by atoms with Crippen LogP contribution >= 0.6 is 0 Å². The summed E-state index contributed by atoms with van der Waals surface area (Å²) in [4.78, 5) is 25.0. The number of hydrogen-bond donors (Lipinski definition) is 2. The molecule has 2 unspecified atom stereocenters. The van der Waals surface area contributed by atoms with Gasteiger partial charge in [-0.1, -0.05) is 13.8 Å². The Hall–Kier alpha value is -1.14. The molecular weight excluding hydrogens is 236 g/mol. The predicted molar refractivity (Wildman–Crippen MR) is 66.3 cm³/mol. The van der Waals surface area contributed by atoms with E-state index in [0.29, 0.717) is 19.6 Å². The topological polar surface area (TPSA) is 78.9 Å². The third kappa shape index (κ3) is 4.62. The first-order chi connectivity index (χ1) is 8.40. The van der Waals surface area contributed by atoms with Crippen molar-refractivity contribution in [2.45, 2.75) is 32.4 Å². The lowest BCUT2D eigenvalue weighted by atomic mass is 10.0. The Morgan fingerprint density at radius 2 is 2.17 bits per heavy atom. The molecule has 18 heavy (non-hydrogen) atoms. The van der Waals surface area contributed by atoms with E-state index in [0.717, 1.165) is 6.54 Å². The van der Waals surface area contributed by atoms with Crippen molar-refractivity contribution in [2.75, 3.05) is 26.7 Å². The van der Waals surface area contributed by atoms with E-state index in [9.17, 15) is 9.59 Å². The number of aliphatic carboxylic acids is 1. The summed E-state index contributed by atoms with van der Waals surface area (Å²) in [5.41, 5.74) is 0. The molecule has 6 heteroatoms. The van der Waals surface area contributed by atoms with Crippen LogP contribution in [0.15, 0.2) is 0 Å². The first kappa shape index (κ1) is 14.9. The Bertz CT molecular complexity index is 306. The minimum absolute atomic E-state index is 0.210. The zero-order valence-corrected chi connectivity index (χ0v) is 11.2. The second-order valence-electron chi connectivity index (χ2n) is 5.15. The molecule has 104 valence electrons. The molecule has 1 rings (SSSR count). The lowest BCUT2D eigenvalue weighted by Crippen LogP contribution is -2.52. The Morgan fingerprint density at radius 3 is 2.67 bits per heavy atom. The summed E-state index contributed by atoms with van der Waals surface area (Å²) in [5, 5.41) is 11.6. The van der Waals surface area contributed by atoms with E-state index in [2.05, 4.69) is 5.32 Å². The molecule has 1 aliphatic rings. The number of ether oxygens (including phenoxy) is 1. The first-order valence-corrected chi connectivity index (χ1v) is 6.23. The van der Waals surface area contributed by atoms with Gasteiger partial charge in [-0.25, -0.2) is 4.79 Å². The monoisotopic (exact) mass is 258 g/mol. The maximum atomic E-state index is 11.9. The highest BCUT2D eigenvalue weighted by atomic mass is 16.5. The van der Waals surface area contributed by atoms with Crippen molar-refractivity contribution >= 4 is 11.9 Å². The standard InChI is InChI=1S/C12H22N2O4/c1-8(2)6-9(12(16)17)13-11(15)10-7-14(3)4-5-18-10/h8-10H,4-7H2,1-3H3,(H,13,15)(H,16,17). The van der Waals surface area contributed by atoms with Gasteiger partial charge in [-0.2, -0.15) is 0 Å². The molecule has 0 radical (unpaired) electrons. The van der Waals surface area contributed by atoms with Crippen LogP contribution in [0.2, 0.25) is 0 Å². The Morgan fingerprint density at radius 1 is 1.50 bits per heavy atom. The summed E-state index contributed by atoms with van der Waals surface area (Å²) in [6.07, 6.45) is -0.151. The van der Waals surface area contributed by atoms with Crippen LogP contribution in [0.4, 0.5) is 0 Å². The number of rotatable bonds is 5. The molecule has 0 bridgehead atoms. The molecule has 0 aliphatic carbocycles. The fraction of sp³-hybridized carbons (Fsp3) is 0.833. The van der Waals surface area contributed by atoms with Crippen LogP contribution in [0.5, 0.6) is 0 Å². The van der Waals surface area contributed by atoms with Crippen molar-refractivity contribution < 1.29 is 19.4 Å². The minimum atomic E-state index is -0.999. The summed E-state index contributed by atoms with van der Waals surface area (Å²) in [7, 11) is 1.91. The molecule has 0 saturated carbocycles. The maximum Gasteiger partial charge on any atom is 0.326 e. The molecule has 2 atom stereocenters. The van der Waals surface area contributed by atoms with Gasteiger partial charge in [0.1, 0.15) is 12.1 Å². The van der Waals surface area contributed by atoms with Gasteiger partial charge in [0, 0.05) is 13.1 Å². The predicted octanol–water partition coefficient (Wildman–Crippen LogP) is -0.0675. The number of nitrogens with one attached hydrogen (secondary N) is 1. The fourth-order valence-corrected chi connectivity index (χ4v) is 1.89. The minimum Gasteiger partial charge on any atom is -0.480 e. The van der Waals surface area contributed by atoms with E-state index >= 15 is 0 Å². The molecule has 1 amide bonds. The van der Waals surface area contributed by atoms with Gasteiger partial charge < -0.3 is 20.1 Å². The largest absolute Gasteiger partial charge is 0.480 e. The van der Waals surface area contributed by atoms with Crippen LogP contribution in [0.3, 0.4) is 0 Å². The summed E-state index contributed by atoms with van der Waals surface area (Å²) in [6, 6.07) is -0.840. The van der Waals surface area contributed by atoms with Crippen molar-refractivity contribution in [3.05, 3.63) is 0 Å². The van der Waals surface area contributed by atoms with Gasteiger partial charge in [0.15, 0.2) is 0 Å². The number of carbonyl (C=O) groups is 2. The molecule has 0 aromatic rings. The van der Waals surface area contributed by atoms with Gasteiger partial charge in [0.2, 0.25) is 0 Å². The van der Waals surface area contributed by atoms with Gasteiger partial charge in [0.25, 0.3) is 5.91 Å². The molecule has 1 aliphatic heterocycles. The van der Waals surface area contributed by atoms with Gasteiger partial charge in [-0.05, 0) is 19.4 Å². The number of carboxylic acid groups (broad SMARTS) is 1. The van der Waals surface area contributed by atoms with Crippen molar-refractivity contribution in [1.82, 2.24) is 10.2 Å². The highest BCUT2D eigenvalue weighted by Crippen LogP contribution is 2.07. The first-order valence-electron chi connectivity index (χ1n) is 6.23. The molecular formula is C12H22N2O4. The Labute approximate surface area is 107 Å². The van der Waals surface area contributed by atoms with Gasteiger partial charge in [-0.3, -0.25) is 4.79 Å². The number of carbonyl (C=O) groups excluding carboxylic acids is 1. The zero-order chi connectivity index (χ0) is 13.7. The summed E-state index contributed by atoms with van der Waals surface area (Å²) in [6.45, 7) is 5.63. The number of hydrogen-bond acceptors (Lipinski definition) is 4. The second-order valence-corrected chi connectivity index (χ2v) is 5.15. The third-order valence-corrected chi connectivity index (χ3v) is 2.88. The molecule has 0 spiro atoms. The summed E-state index contributed by atoms with van der Waals surface area (Å²) >= 11 is 0. The summed E-state index contributed by atoms with van der Waals surface area (Å²) in [5.74, 6) is -1.13. The van der Waals surface area contributed by atoms with Crippen LogP contribution in [0.25, 0.3) is 0 Å². The molecule has 1 heterocycles. The van der Waals surface area contributed by atoms with Crippen LogP contribution in [-0.4, -0.2) is 60.8 Å². The maximum absolute atomic E-state index is 11.9. The van der Waals surface area contributed by atoms with Crippen molar-refractivity contribution in [1.29, 1.82) is 0 Å². The van der Waals surface area contributed by atoms with Crippen LogP contribution in [0.1, 0.15) is 20.3 Å². The highest BCUT2D eigenvalue weighted by molar-refractivity contribution is 5.86. The number of carboxylic acids is 1. The van der Waals surface area contributed by atoms with Gasteiger partial charge >= 0.3 is 5.97 Å². The van der Waals surface area contributed by atoms with Gasteiger partial charge in [0.05, 0.1) is 6.61 Å². The SMILES string of the molecule is CC(C)CC(NC(=O)C1CN(C)CCO1)C(=O)O. The van der Waals surface area contributed by atoms with E-state index in [-0.39, 0.29) is 11.8 Å². The smallest absolute Gasteiger partial charge is 0.326 e. The average Bonchev–Trinajstić information content (AvgIpc) is 2.27. The molecule has 6 nitrogen and oxygen atoms in total. The fourth-order valence-electron chi connectivity index (χ4n) is 1.89. The van der Waals surface area contributed by atoms with Crippen LogP contribution < -0.4 is 5.32 Å². The summed E-state index contributed by atoms with van der Waals surface area (Å²) < 4.78 is 5.35. The van der Waals surface area contributed by atoms with E-state index in [1.54, 1.807) is 0 Å². The van der Waals surface area contributed by atoms with Gasteiger partial charge in [-0.15, -0.1) is 0 Å². The zero-order valence-electron chi connectivity index (χ0n) is 11.2. The highest BCUT2D eigenvalue weighted by Gasteiger charge is 2.29. The number of amides is 1. The van der Waals surface area contributed by atoms with Crippen LogP contribution in [0, 0.1) is 5.92 Å². The second kappa shape index (κ2) is 6.70. The van der Waals surface area contributed by atoms with E-state index < -0.39 is 18.1 Å². The lowest BCUT2D eigenvalue weighted by Gasteiger charge is -2.30. The molecule has 2 N–H and O–H groups in total. The van der Waals surface area contributed by atoms with Crippen LogP contribution in [-0.2, 0) is 14.3 Å². The van der Waals surface area contributed by atoms with Crippen molar-refractivity contribution in [3.63, 3.8) is 0 Å². The molecule has 1 fully saturated rings. The van der Waals surface area contributed by atoms with E-state index in [1.807, 2.05) is 25.8 Å². The van der Waals surface area contributed by atoms with Crippen molar-refractivity contribution in [2.24, 2.45) is 5.92 Å². The average molecular weight is 258 g/mol. The Balaban J connectivity index is 2.52. The molecule has 0 aromatic heterocycles. The van der Waals surface area contributed by atoms with Crippen molar-refractivity contribution in [3.8, 4) is 0 Å². The van der Waals surface area contributed by atoms with E-state index in [1.165, 1.54) is 0 Å². The Kier molecular flexibility index (Phi) is 5.55. The molecule has 1 saturated heterocycles. The number of morpholine rings is 1.